The summed E-state index contributed by atoms with van der Waals surface area (Å²) in [5.74, 6) is 0.362. The van der Waals surface area contributed by atoms with Gasteiger partial charge in [-0.05, 0) is 50.1 Å². The Hall–Kier alpha value is -1.38. The molecule has 21 heavy (non-hydrogen) atoms. The summed E-state index contributed by atoms with van der Waals surface area (Å²) in [6.07, 6.45) is 6.62. The zero-order valence-corrected chi connectivity index (χ0v) is 13.2. The van der Waals surface area contributed by atoms with Crippen molar-refractivity contribution in [3.63, 3.8) is 0 Å². The maximum atomic E-state index is 12.4. The van der Waals surface area contributed by atoms with Crippen molar-refractivity contribution in [3.05, 3.63) is 16.0 Å². The van der Waals surface area contributed by atoms with E-state index >= 15 is 0 Å². The smallest absolute Gasteiger partial charge is 0.242 e. The van der Waals surface area contributed by atoms with Crippen LogP contribution in [0.15, 0.2) is 0 Å². The molecule has 1 aliphatic carbocycles. The van der Waals surface area contributed by atoms with E-state index in [4.69, 9.17) is 0 Å². The summed E-state index contributed by atoms with van der Waals surface area (Å²) in [7, 11) is 0. The van der Waals surface area contributed by atoms with Crippen LogP contribution < -0.4 is 10.6 Å². The van der Waals surface area contributed by atoms with E-state index in [1.54, 1.807) is 11.3 Å². The number of anilines is 1. The van der Waals surface area contributed by atoms with Crippen molar-refractivity contribution in [2.45, 2.75) is 51.5 Å². The van der Waals surface area contributed by atoms with Gasteiger partial charge in [0.2, 0.25) is 5.91 Å². The first-order valence-corrected chi connectivity index (χ1v) is 8.61. The molecule has 0 saturated carbocycles. The van der Waals surface area contributed by atoms with E-state index in [1.807, 2.05) is 0 Å². The Bertz CT molecular complexity index is 587. The van der Waals surface area contributed by atoms with Crippen LogP contribution in [0.3, 0.4) is 0 Å². The number of nitriles is 1. The SMILES string of the molecule is CC1CCNC1C(=O)Nc1sc2c(c1C#N)CCCCC2. The Labute approximate surface area is 129 Å². The molecule has 2 aliphatic rings. The Kier molecular flexibility index (Phi) is 4.27. The van der Waals surface area contributed by atoms with Gasteiger partial charge in [0.15, 0.2) is 0 Å². The molecule has 1 aromatic heterocycles. The molecule has 1 aromatic rings. The van der Waals surface area contributed by atoms with Gasteiger partial charge in [0, 0.05) is 4.88 Å². The molecule has 2 unspecified atom stereocenters. The molecule has 2 atom stereocenters. The van der Waals surface area contributed by atoms with Crippen LogP contribution in [-0.4, -0.2) is 18.5 Å². The first-order valence-electron chi connectivity index (χ1n) is 7.79. The molecule has 2 N–H and O–H groups in total. The first kappa shape index (κ1) is 14.6. The predicted molar refractivity (Wildman–Crippen MR) is 84.5 cm³/mol. The highest BCUT2D eigenvalue weighted by atomic mass is 32.1. The fraction of sp³-hybridized carbons (Fsp3) is 0.625. The van der Waals surface area contributed by atoms with Crippen molar-refractivity contribution in [1.82, 2.24) is 5.32 Å². The van der Waals surface area contributed by atoms with Crippen molar-refractivity contribution in [2.75, 3.05) is 11.9 Å². The third-order valence-corrected chi connectivity index (χ3v) is 5.79. The fourth-order valence-electron chi connectivity index (χ4n) is 3.32. The topological polar surface area (TPSA) is 64.9 Å². The lowest BCUT2D eigenvalue weighted by Gasteiger charge is -2.14. The molecular weight excluding hydrogens is 282 g/mol. The van der Waals surface area contributed by atoms with Crippen molar-refractivity contribution in [2.24, 2.45) is 5.92 Å². The second-order valence-electron chi connectivity index (χ2n) is 6.07. The van der Waals surface area contributed by atoms with Gasteiger partial charge in [0.1, 0.15) is 11.1 Å². The van der Waals surface area contributed by atoms with Crippen LogP contribution in [0, 0.1) is 17.2 Å². The summed E-state index contributed by atoms with van der Waals surface area (Å²) in [5, 5.41) is 16.5. The summed E-state index contributed by atoms with van der Waals surface area (Å²) in [4.78, 5) is 13.7. The Morgan fingerprint density at radius 2 is 2.19 bits per heavy atom. The third kappa shape index (κ3) is 2.83. The largest absolute Gasteiger partial charge is 0.315 e. The fourth-order valence-corrected chi connectivity index (χ4v) is 4.57. The van der Waals surface area contributed by atoms with Gasteiger partial charge in [-0.2, -0.15) is 5.26 Å². The standard InChI is InChI=1S/C16H21N3OS/c1-10-7-8-18-14(10)15(20)19-16-12(9-17)11-5-3-2-4-6-13(11)21-16/h10,14,18H,2-8H2,1H3,(H,19,20). The van der Waals surface area contributed by atoms with Gasteiger partial charge in [-0.25, -0.2) is 0 Å². The lowest BCUT2D eigenvalue weighted by molar-refractivity contribution is -0.118. The first-order chi connectivity index (χ1) is 10.2. The van der Waals surface area contributed by atoms with E-state index in [-0.39, 0.29) is 11.9 Å². The van der Waals surface area contributed by atoms with Crippen molar-refractivity contribution >= 4 is 22.2 Å². The Balaban J connectivity index is 1.82. The highest BCUT2D eigenvalue weighted by molar-refractivity contribution is 7.16. The van der Waals surface area contributed by atoms with Gasteiger partial charge in [-0.3, -0.25) is 4.79 Å². The molecular formula is C16H21N3OS. The van der Waals surface area contributed by atoms with Gasteiger partial charge >= 0.3 is 0 Å². The molecule has 3 rings (SSSR count). The number of aryl methyl sites for hydroxylation is 1. The van der Waals surface area contributed by atoms with Crippen LogP contribution in [0.5, 0.6) is 0 Å². The molecule has 112 valence electrons. The number of fused-ring (bicyclic) bond motifs is 1. The summed E-state index contributed by atoms with van der Waals surface area (Å²) in [5.41, 5.74) is 1.89. The minimum atomic E-state index is -0.126. The van der Waals surface area contributed by atoms with E-state index < -0.39 is 0 Å². The molecule has 0 aromatic carbocycles. The zero-order valence-electron chi connectivity index (χ0n) is 12.4. The molecule has 5 heteroatoms. The van der Waals surface area contributed by atoms with Crippen LogP contribution in [0.2, 0.25) is 0 Å². The second kappa shape index (κ2) is 6.17. The number of hydrogen-bond donors (Lipinski definition) is 2. The van der Waals surface area contributed by atoms with Gasteiger partial charge in [-0.1, -0.05) is 13.3 Å². The van der Waals surface area contributed by atoms with Crippen molar-refractivity contribution in [1.29, 1.82) is 5.26 Å². The van der Waals surface area contributed by atoms with E-state index in [2.05, 4.69) is 23.6 Å². The highest BCUT2D eigenvalue weighted by Crippen LogP contribution is 2.37. The number of carbonyl (C=O) groups is 1. The molecule has 1 amide bonds. The summed E-state index contributed by atoms with van der Waals surface area (Å²) in [6.45, 7) is 2.99. The summed E-state index contributed by atoms with van der Waals surface area (Å²) < 4.78 is 0. The second-order valence-corrected chi connectivity index (χ2v) is 7.17. The van der Waals surface area contributed by atoms with Crippen LogP contribution in [-0.2, 0) is 17.6 Å². The van der Waals surface area contributed by atoms with Crippen LogP contribution in [0.25, 0.3) is 0 Å². The lowest BCUT2D eigenvalue weighted by Crippen LogP contribution is -2.39. The number of hydrogen-bond acceptors (Lipinski definition) is 4. The van der Waals surface area contributed by atoms with Crippen LogP contribution in [0.1, 0.15) is 48.6 Å². The quantitative estimate of drug-likeness (QED) is 0.826. The number of carbonyl (C=O) groups excluding carboxylic acids is 1. The van der Waals surface area contributed by atoms with Crippen LogP contribution >= 0.6 is 11.3 Å². The number of thiophene rings is 1. The molecule has 0 spiro atoms. The number of nitrogens with zero attached hydrogens (tertiary/aromatic N) is 1. The number of nitrogens with one attached hydrogen (secondary N) is 2. The van der Waals surface area contributed by atoms with Crippen molar-refractivity contribution < 1.29 is 4.79 Å². The lowest BCUT2D eigenvalue weighted by atomic mass is 10.0. The monoisotopic (exact) mass is 303 g/mol. The maximum absolute atomic E-state index is 12.4. The van der Waals surface area contributed by atoms with E-state index in [0.717, 1.165) is 37.2 Å². The average Bonchev–Trinajstić information content (AvgIpc) is 2.95. The third-order valence-electron chi connectivity index (χ3n) is 4.59. The van der Waals surface area contributed by atoms with Gasteiger partial charge in [0.05, 0.1) is 11.6 Å². The molecule has 1 aliphatic heterocycles. The van der Waals surface area contributed by atoms with Gasteiger partial charge in [0.25, 0.3) is 0 Å². The van der Waals surface area contributed by atoms with Crippen LogP contribution in [0.4, 0.5) is 5.00 Å². The maximum Gasteiger partial charge on any atom is 0.242 e. The predicted octanol–water partition coefficient (Wildman–Crippen LogP) is 2.83. The Morgan fingerprint density at radius 3 is 2.90 bits per heavy atom. The summed E-state index contributed by atoms with van der Waals surface area (Å²) in [6, 6.07) is 2.19. The minimum Gasteiger partial charge on any atom is -0.315 e. The van der Waals surface area contributed by atoms with Gasteiger partial charge < -0.3 is 10.6 Å². The van der Waals surface area contributed by atoms with E-state index in [0.29, 0.717) is 11.5 Å². The molecule has 1 fully saturated rings. The van der Waals surface area contributed by atoms with E-state index in [1.165, 1.54) is 23.3 Å². The van der Waals surface area contributed by atoms with Gasteiger partial charge in [-0.15, -0.1) is 11.3 Å². The molecule has 1 saturated heterocycles. The van der Waals surface area contributed by atoms with E-state index in [9.17, 15) is 10.1 Å². The minimum absolute atomic E-state index is 0.00732. The average molecular weight is 303 g/mol. The number of amides is 1. The molecule has 2 heterocycles. The highest BCUT2D eigenvalue weighted by Gasteiger charge is 2.30. The molecule has 4 nitrogen and oxygen atoms in total. The van der Waals surface area contributed by atoms with Crippen molar-refractivity contribution in [3.8, 4) is 6.07 Å². The zero-order chi connectivity index (χ0) is 14.8. The number of rotatable bonds is 2. The summed E-state index contributed by atoms with van der Waals surface area (Å²) >= 11 is 1.61. The molecule has 0 bridgehead atoms. The Morgan fingerprint density at radius 1 is 1.38 bits per heavy atom. The molecule has 0 radical (unpaired) electrons. The normalized spacial score (nSPS) is 25.0.